The molecule has 1 N–H and O–H groups in total. The van der Waals surface area contributed by atoms with Gasteiger partial charge in [0, 0.05) is 15.5 Å². The number of nitrogens with zero attached hydrogens (tertiary/aromatic N) is 2. The average Bonchev–Trinajstić information content (AvgIpc) is 3.22. The average molecular weight is 510 g/mol. The third kappa shape index (κ3) is 7.32. The number of methoxy groups -OCH3 is 1. The number of nitriles is 1. The molecule has 0 saturated carbocycles. The fourth-order valence-corrected chi connectivity index (χ4v) is 4.37. The summed E-state index contributed by atoms with van der Waals surface area (Å²) in [5.41, 5.74) is 2.28. The highest BCUT2D eigenvalue weighted by Gasteiger charge is 2.15. The molecule has 0 aliphatic rings. The highest BCUT2D eigenvalue weighted by Crippen LogP contribution is 2.32. The fraction of sp³-hybridized carbons (Fsp3) is 0.296. The quantitative estimate of drug-likeness (QED) is 0.167. The number of hydrogen-bond acceptors (Lipinski definition) is 6. The van der Waals surface area contributed by atoms with Gasteiger partial charge in [0.25, 0.3) is 5.91 Å². The van der Waals surface area contributed by atoms with Gasteiger partial charge in [-0.05, 0) is 49.2 Å². The molecule has 1 heterocycles. The predicted molar refractivity (Wildman–Crippen MR) is 142 cm³/mol. The number of benzene rings is 2. The van der Waals surface area contributed by atoms with Gasteiger partial charge in [-0.1, -0.05) is 56.0 Å². The Kier molecular flexibility index (Phi) is 9.71. The second kappa shape index (κ2) is 12.9. The Morgan fingerprint density at radius 2 is 1.94 bits per heavy atom. The van der Waals surface area contributed by atoms with Crippen molar-refractivity contribution >= 4 is 40.1 Å². The first kappa shape index (κ1) is 26.3. The molecule has 3 aromatic rings. The molecular weight excluding hydrogens is 482 g/mol. The maximum absolute atomic E-state index is 12.8. The van der Waals surface area contributed by atoms with E-state index in [1.807, 2.05) is 25.1 Å². The number of amides is 1. The van der Waals surface area contributed by atoms with Crippen molar-refractivity contribution in [1.29, 1.82) is 5.26 Å². The molecule has 0 unspecified atom stereocenters. The van der Waals surface area contributed by atoms with Gasteiger partial charge in [0.2, 0.25) is 0 Å². The molecular formula is C27H28ClN3O3S. The minimum atomic E-state index is -0.529. The van der Waals surface area contributed by atoms with Crippen molar-refractivity contribution < 1.29 is 14.3 Å². The van der Waals surface area contributed by atoms with Gasteiger partial charge in [-0.15, -0.1) is 11.3 Å². The summed E-state index contributed by atoms with van der Waals surface area (Å²) >= 11 is 7.32. The van der Waals surface area contributed by atoms with E-state index in [4.69, 9.17) is 21.1 Å². The minimum absolute atomic E-state index is 0.0406. The van der Waals surface area contributed by atoms with Crippen molar-refractivity contribution in [2.24, 2.45) is 0 Å². The van der Waals surface area contributed by atoms with Gasteiger partial charge < -0.3 is 9.47 Å². The molecule has 6 nitrogen and oxygen atoms in total. The Balaban J connectivity index is 1.71. The van der Waals surface area contributed by atoms with Crippen molar-refractivity contribution in [3.8, 4) is 28.8 Å². The van der Waals surface area contributed by atoms with Crippen LogP contribution in [0.4, 0.5) is 5.13 Å². The molecule has 8 heteroatoms. The summed E-state index contributed by atoms with van der Waals surface area (Å²) in [7, 11) is 1.56. The van der Waals surface area contributed by atoms with Crippen molar-refractivity contribution in [3.63, 3.8) is 0 Å². The summed E-state index contributed by atoms with van der Waals surface area (Å²) in [4.78, 5) is 18.3. The van der Waals surface area contributed by atoms with E-state index in [1.165, 1.54) is 30.3 Å². The Labute approximate surface area is 215 Å². The van der Waals surface area contributed by atoms with Crippen LogP contribution in [0.1, 0.15) is 43.0 Å². The first-order valence-corrected chi connectivity index (χ1v) is 12.6. The Hall–Kier alpha value is -3.34. The Morgan fingerprint density at radius 3 is 2.63 bits per heavy atom. The molecule has 2 aromatic carbocycles. The number of unbranched alkanes of at least 4 members (excludes halogenated alkanes) is 3. The summed E-state index contributed by atoms with van der Waals surface area (Å²) < 4.78 is 11.3. The van der Waals surface area contributed by atoms with E-state index in [1.54, 1.807) is 37.4 Å². The van der Waals surface area contributed by atoms with Crippen molar-refractivity contribution in [2.75, 3.05) is 19.0 Å². The van der Waals surface area contributed by atoms with Crippen molar-refractivity contribution in [2.45, 2.75) is 39.5 Å². The molecule has 0 aliphatic heterocycles. The van der Waals surface area contributed by atoms with E-state index in [0.717, 1.165) is 29.0 Å². The lowest BCUT2D eigenvalue weighted by Crippen LogP contribution is -2.13. The third-order valence-electron chi connectivity index (χ3n) is 5.25. The number of thiazole rings is 1. The first-order valence-electron chi connectivity index (χ1n) is 11.4. The highest BCUT2D eigenvalue weighted by atomic mass is 35.5. The maximum atomic E-state index is 12.8. The monoisotopic (exact) mass is 509 g/mol. The number of rotatable bonds is 11. The topological polar surface area (TPSA) is 84.2 Å². The van der Waals surface area contributed by atoms with E-state index in [2.05, 4.69) is 17.2 Å². The third-order valence-corrected chi connectivity index (χ3v) is 6.39. The Morgan fingerprint density at radius 1 is 1.17 bits per heavy atom. The van der Waals surface area contributed by atoms with Gasteiger partial charge in [0.15, 0.2) is 16.6 Å². The zero-order chi connectivity index (χ0) is 25.2. The largest absolute Gasteiger partial charge is 0.493 e. The Bertz CT molecular complexity index is 1230. The van der Waals surface area contributed by atoms with E-state index < -0.39 is 5.91 Å². The molecule has 1 amide bonds. The number of aromatic nitrogens is 1. The molecule has 0 aliphatic carbocycles. The molecule has 3 rings (SSSR count). The number of aryl methyl sites for hydroxylation is 1. The SMILES string of the molecule is CCCCCCOc1ccc(/C=C(\C#N)C(=O)Nc2nc(-c3ccc(Cl)cc3)c(C)s2)cc1OC. The molecule has 0 fully saturated rings. The second-order valence-electron chi connectivity index (χ2n) is 7.87. The molecule has 0 atom stereocenters. The van der Waals surface area contributed by atoms with Crippen LogP contribution in [-0.2, 0) is 4.79 Å². The van der Waals surface area contributed by atoms with Gasteiger partial charge >= 0.3 is 0 Å². The second-order valence-corrected chi connectivity index (χ2v) is 9.51. The van der Waals surface area contributed by atoms with Crippen LogP contribution in [0.5, 0.6) is 11.5 Å². The number of ether oxygens (including phenoxy) is 2. The number of carbonyl (C=O) groups excluding carboxylic acids is 1. The standard InChI is InChI=1S/C27H28ClN3O3S/c1-4-5-6-7-14-34-23-13-8-19(16-24(23)33-3)15-21(17-29)26(32)31-27-30-25(18(2)35-27)20-9-11-22(28)12-10-20/h8-13,15-16H,4-7,14H2,1-3H3,(H,30,31,32)/b21-15+. The van der Waals surface area contributed by atoms with Crippen LogP contribution in [0.15, 0.2) is 48.0 Å². The fourth-order valence-electron chi connectivity index (χ4n) is 3.41. The van der Waals surface area contributed by atoms with Crippen LogP contribution in [0.2, 0.25) is 5.02 Å². The van der Waals surface area contributed by atoms with Crippen molar-refractivity contribution in [3.05, 3.63) is 63.5 Å². The number of nitrogens with one attached hydrogen (secondary N) is 1. The normalized spacial score (nSPS) is 11.1. The summed E-state index contributed by atoms with van der Waals surface area (Å²) in [6.07, 6.45) is 5.98. The van der Waals surface area contributed by atoms with E-state index in [9.17, 15) is 10.1 Å². The molecule has 0 saturated heterocycles. The summed E-state index contributed by atoms with van der Waals surface area (Å²) in [6.45, 7) is 4.71. The predicted octanol–water partition coefficient (Wildman–Crippen LogP) is 7.29. The minimum Gasteiger partial charge on any atom is -0.493 e. The van der Waals surface area contributed by atoms with Gasteiger partial charge in [-0.25, -0.2) is 4.98 Å². The summed E-state index contributed by atoms with van der Waals surface area (Å²) in [5.74, 6) is 0.659. The zero-order valence-corrected chi connectivity index (χ0v) is 21.6. The molecule has 35 heavy (non-hydrogen) atoms. The van der Waals surface area contributed by atoms with Crippen LogP contribution >= 0.6 is 22.9 Å². The van der Waals surface area contributed by atoms with Crippen LogP contribution in [0.3, 0.4) is 0 Å². The summed E-state index contributed by atoms with van der Waals surface area (Å²) in [6, 6.07) is 14.6. The van der Waals surface area contributed by atoms with Gasteiger partial charge in [0.05, 0.1) is 19.4 Å². The van der Waals surface area contributed by atoms with E-state index in [-0.39, 0.29) is 5.57 Å². The van der Waals surface area contributed by atoms with Crippen LogP contribution in [-0.4, -0.2) is 24.6 Å². The van der Waals surface area contributed by atoms with E-state index >= 15 is 0 Å². The van der Waals surface area contributed by atoms with E-state index in [0.29, 0.717) is 33.8 Å². The molecule has 0 bridgehead atoms. The van der Waals surface area contributed by atoms with Gasteiger partial charge in [-0.3, -0.25) is 10.1 Å². The molecule has 0 spiro atoms. The number of carbonyl (C=O) groups is 1. The number of hydrogen-bond donors (Lipinski definition) is 1. The number of anilines is 1. The molecule has 182 valence electrons. The summed E-state index contributed by atoms with van der Waals surface area (Å²) in [5, 5.41) is 13.4. The molecule has 0 radical (unpaired) electrons. The lowest BCUT2D eigenvalue weighted by atomic mass is 10.1. The molecule has 1 aromatic heterocycles. The van der Waals surface area contributed by atoms with Crippen LogP contribution < -0.4 is 14.8 Å². The first-order chi connectivity index (χ1) is 16.9. The number of halogens is 1. The zero-order valence-electron chi connectivity index (χ0n) is 20.1. The smallest absolute Gasteiger partial charge is 0.268 e. The lowest BCUT2D eigenvalue weighted by Gasteiger charge is -2.11. The highest BCUT2D eigenvalue weighted by molar-refractivity contribution is 7.16. The lowest BCUT2D eigenvalue weighted by molar-refractivity contribution is -0.112. The van der Waals surface area contributed by atoms with Gasteiger partial charge in [0.1, 0.15) is 11.6 Å². The van der Waals surface area contributed by atoms with Crippen LogP contribution in [0.25, 0.3) is 17.3 Å². The van der Waals surface area contributed by atoms with Crippen molar-refractivity contribution in [1.82, 2.24) is 4.98 Å². The maximum Gasteiger partial charge on any atom is 0.268 e. The van der Waals surface area contributed by atoms with Crippen LogP contribution in [0, 0.1) is 18.3 Å². The van der Waals surface area contributed by atoms with Gasteiger partial charge in [-0.2, -0.15) is 5.26 Å².